The van der Waals surface area contributed by atoms with Crippen LogP contribution >= 0.6 is 0 Å². The van der Waals surface area contributed by atoms with Gasteiger partial charge in [-0.25, -0.2) is 9.97 Å². The third kappa shape index (κ3) is 2.84. The number of anilines is 1. The second kappa shape index (κ2) is 5.02. The molecule has 1 aliphatic rings. The van der Waals surface area contributed by atoms with Gasteiger partial charge in [0.1, 0.15) is 5.82 Å². The Hall–Kier alpha value is -2.11. The summed E-state index contributed by atoms with van der Waals surface area (Å²) in [5, 5.41) is 0. The van der Waals surface area contributed by atoms with Gasteiger partial charge in [0.15, 0.2) is 0 Å². The van der Waals surface area contributed by atoms with E-state index in [1.54, 1.807) is 12.1 Å². The van der Waals surface area contributed by atoms with Crippen molar-refractivity contribution in [3.8, 4) is 11.3 Å². The number of alkyl halides is 3. The van der Waals surface area contributed by atoms with Gasteiger partial charge in [-0.15, -0.1) is 0 Å². The van der Waals surface area contributed by atoms with E-state index in [0.717, 1.165) is 0 Å². The number of rotatable bonds is 2. The van der Waals surface area contributed by atoms with Gasteiger partial charge >= 0.3 is 6.18 Å². The summed E-state index contributed by atoms with van der Waals surface area (Å²) in [7, 11) is 0. The molecule has 6 heteroatoms. The first-order chi connectivity index (χ1) is 9.93. The highest BCUT2D eigenvalue weighted by molar-refractivity contribution is 5.62. The molecule has 3 rings (SSSR count). The average Bonchev–Trinajstić information content (AvgIpc) is 2.36. The lowest BCUT2D eigenvalue weighted by Gasteiger charge is -2.25. The minimum Gasteiger partial charge on any atom is -0.384 e. The van der Waals surface area contributed by atoms with E-state index in [9.17, 15) is 13.2 Å². The second-order valence-electron chi connectivity index (χ2n) is 5.25. The summed E-state index contributed by atoms with van der Waals surface area (Å²) < 4.78 is 38.1. The quantitative estimate of drug-likeness (QED) is 0.910. The van der Waals surface area contributed by atoms with E-state index < -0.39 is 12.0 Å². The topological polar surface area (TPSA) is 51.8 Å². The van der Waals surface area contributed by atoms with Gasteiger partial charge in [-0.05, 0) is 24.3 Å². The maximum atomic E-state index is 12.7. The minimum atomic E-state index is -4.60. The van der Waals surface area contributed by atoms with E-state index in [1.165, 1.54) is 30.9 Å². The van der Waals surface area contributed by atoms with Crippen LogP contribution in [0.1, 0.15) is 36.6 Å². The molecule has 21 heavy (non-hydrogen) atoms. The van der Waals surface area contributed by atoms with Crippen molar-refractivity contribution in [2.24, 2.45) is 0 Å². The van der Waals surface area contributed by atoms with Crippen molar-refractivity contribution in [2.45, 2.75) is 31.4 Å². The maximum Gasteiger partial charge on any atom is 0.451 e. The molecule has 1 aromatic carbocycles. The Morgan fingerprint density at radius 2 is 1.71 bits per heavy atom. The molecule has 1 heterocycles. The molecule has 0 spiro atoms. The van der Waals surface area contributed by atoms with Gasteiger partial charge in [0.2, 0.25) is 5.82 Å². The number of halogens is 3. The summed E-state index contributed by atoms with van der Waals surface area (Å²) in [6.07, 6.45) is -1.00. The standard InChI is InChI=1S/C15H14F3N3/c16-15(17,18)14-20-12(8-13(19)21-14)11-6-4-10(5-7-11)9-2-1-3-9/h4-9H,1-3H2,(H2,19,20,21). The SMILES string of the molecule is Nc1cc(-c2ccc(C3CCC3)cc2)nc(C(F)(F)F)n1. The Morgan fingerprint density at radius 3 is 2.24 bits per heavy atom. The first-order valence-electron chi connectivity index (χ1n) is 6.75. The molecule has 0 amide bonds. The molecule has 0 aliphatic heterocycles. The van der Waals surface area contributed by atoms with Crippen molar-refractivity contribution in [3.63, 3.8) is 0 Å². The Morgan fingerprint density at radius 1 is 1.05 bits per heavy atom. The van der Waals surface area contributed by atoms with E-state index in [-0.39, 0.29) is 11.5 Å². The predicted octanol–water partition coefficient (Wildman–Crippen LogP) is 4.01. The number of nitrogens with two attached hydrogens (primary N) is 1. The van der Waals surface area contributed by atoms with Crippen LogP contribution in [-0.2, 0) is 6.18 Å². The van der Waals surface area contributed by atoms with Gasteiger partial charge in [-0.1, -0.05) is 30.7 Å². The molecule has 0 bridgehead atoms. The number of nitrogens with zero attached hydrogens (tertiary/aromatic N) is 2. The zero-order valence-electron chi connectivity index (χ0n) is 11.2. The van der Waals surface area contributed by atoms with Crippen LogP contribution in [0.3, 0.4) is 0 Å². The maximum absolute atomic E-state index is 12.7. The molecule has 3 nitrogen and oxygen atoms in total. The fourth-order valence-electron chi connectivity index (χ4n) is 2.41. The van der Waals surface area contributed by atoms with Crippen LogP contribution in [0.25, 0.3) is 11.3 Å². The molecule has 1 fully saturated rings. The van der Waals surface area contributed by atoms with Gasteiger partial charge in [-0.3, -0.25) is 0 Å². The lowest BCUT2D eigenvalue weighted by Crippen LogP contribution is -2.13. The van der Waals surface area contributed by atoms with E-state index in [1.807, 2.05) is 12.1 Å². The predicted molar refractivity (Wildman–Crippen MR) is 73.5 cm³/mol. The van der Waals surface area contributed by atoms with Crippen LogP contribution in [0, 0.1) is 0 Å². The van der Waals surface area contributed by atoms with E-state index in [4.69, 9.17) is 5.73 Å². The third-order valence-electron chi connectivity index (χ3n) is 3.78. The van der Waals surface area contributed by atoms with Crippen molar-refractivity contribution in [3.05, 3.63) is 41.7 Å². The largest absolute Gasteiger partial charge is 0.451 e. The van der Waals surface area contributed by atoms with Crippen LogP contribution in [0.5, 0.6) is 0 Å². The van der Waals surface area contributed by atoms with Crippen LogP contribution < -0.4 is 5.73 Å². The van der Waals surface area contributed by atoms with Crippen LogP contribution in [0.4, 0.5) is 19.0 Å². The molecule has 110 valence electrons. The zero-order valence-corrected chi connectivity index (χ0v) is 11.2. The minimum absolute atomic E-state index is 0.185. The van der Waals surface area contributed by atoms with Crippen molar-refractivity contribution < 1.29 is 13.2 Å². The number of hydrogen-bond acceptors (Lipinski definition) is 3. The summed E-state index contributed by atoms with van der Waals surface area (Å²) in [5.74, 6) is -0.809. The molecular formula is C15H14F3N3. The first-order valence-corrected chi connectivity index (χ1v) is 6.75. The van der Waals surface area contributed by atoms with Crippen LogP contribution in [-0.4, -0.2) is 9.97 Å². The average molecular weight is 293 g/mol. The fourth-order valence-corrected chi connectivity index (χ4v) is 2.41. The van der Waals surface area contributed by atoms with Gasteiger partial charge in [0.25, 0.3) is 0 Å². The highest BCUT2D eigenvalue weighted by Crippen LogP contribution is 2.37. The highest BCUT2D eigenvalue weighted by Gasteiger charge is 2.35. The Labute approximate surface area is 120 Å². The smallest absolute Gasteiger partial charge is 0.384 e. The molecule has 2 N–H and O–H groups in total. The van der Waals surface area contributed by atoms with Gasteiger partial charge in [0.05, 0.1) is 5.69 Å². The Bertz CT molecular complexity index is 646. The monoisotopic (exact) mass is 293 g/mol. The molecule has 1 saturated carbocycles. The van der Waals surface area contributed by atoms with E-state index >= 15 is 0 Å². The molecule has 1 aromatic heterocycles. The lowest BCUT2D eigenvalue weighted by molar-refractivity contribution is -0.144. The van der Waals surface area contributed by atoms with E-state index in [2.05, 4.69) is 9.97 Å². The fraction of sp³-hybridized carbons (Fsp3) is 0.333. The summed E-state index contributed by atoms with van der Waals surface area (Å²) in [5.41, 5.74) is 7.47. The van der Waals surface area contributed by atoms with Crippen LogP contribution in [0.2, 0.25) is 0 Å². The summed E-state index contributed by atoms with van der Waals surface area (Å²) in [4.78, 5) is 6.81. The molecule has 0 radical (unpaired) electrons. The number of benzene rings is 1. The summed E-state index contributed by atoms with van der Waals surface area (Å²) in [6, 6.07) is 8.83. The lowest BCUT2D eigenvalue weighted by atomic mass is 9.80. The summed E-state index contributed by atoms with van der Waals surface area (Å²) in [6.45, 7) is 0. The van der Waals surface area contributed by atoms with Crippen molar-refractivity contribution >= 4 is 5.82 Å². The molecule has 0 saturated heterocycles. The normalized spacial score (nSPS) is 15.8. The number of nitrogen functional groups attached to an aromatic ring is 1. The second-order valence-corrected chi connectivity index (χ2v) is 5.25. The Kier molecular flexibility index (Phi) is 3.31. The van der Waals surface area contributed by atoms with Crippen LogP contribution in [0.15, 0.2) is 30.3 Å². The van der Waals surface area contributed by atoms with Crippen molar-refractivity contribution in [1.29, 1.82) is 0 Å². The van der Waals surface area contributed by atoms with Crippen molar-refractivity contribution in [2.75, 3.05) is 5.73 Å². The third-order valence-corrected chi connectivity index (χ3v) is 3.78. The first kappa shape index (κ1) is 13.9. The summed E-state index contributed by atoms with van der Waals surface area (Å²) >= 11 is 0. The zero-order chi connectivity index (χ0) is 15.0. The van der Waals surface area contributed by atoms with Gasteiger partial charge in [0, 0.05) is 11.6 Å². The Balaban J connectivity index is 1.94. The molecule has 2 aromatic rings. The highest BCUT2D eigenvalue weighted by atomic mass is 19.4. The van der Waals surface area contributed by atoms with Crippen molar-refractivity contribution in [1.82, 2.24) is 9.97 Å². The molecule has 0 unspecified atom stereocenters. The number of hydrogen-bond donors (Lipinski definition) is 1. The number of aromatic nitrogens is 2. The van der Waals surface area contributed by atoms with E-state index in [0.29, 0.717) is 11.5 Å². The van der Waals surface area contributed by atoms with Gasteiger partial charge in [-0.2, -0.15) is 13.2 Å². The molecular weight excluding hydrogens is 279 g/mol. The molecule has 1 aliphatic carbocycles. The van der Waals surface area contributed by atoms with Gasteiger partial charge < -0.3 is 5.73 Å². The molecule has 0 atom stereocenters.